The molecule has 0 aliphatic heterocycles. The number of rotatable bonds is 6. The summed E-state index contributed by atoms with van der Waals surface area (Å²) in [6, 6.07) is 11.9. The van der Waals surface area contributed by atoms with Crippen LogP contribution >= 0.6 is 23.7 Å². The SMILES string of the molecule is CN(C)CCCN(C(=O)c1cnc2ccccc2n1)c1nc2ccc(F)cc2s1.Cl. The molecule has 4 aromatic rings. The number of para-hydroxylation sites is 2. The Morgan fingerprint density at radius 2 is 1.80 bits per heavy atom. The van der Waals surface area contributed by atoms with Gasteiger partial charge in [-0.05, 0) is 57.4 Å². The Morgan fingerprint density at radius 1 is 1.03 bits per heavy atom. The normalized spacial score (nSPS) is 11.1. The molecule has 0 spiro atoms. The van der Waals surface area contributed by atoms with Crippen LogP contribution in [0.15, 0.2) is 48.7 Å². The van der Waals surface area contributed by atoms with Crippen LogP contribution in [0.1, 0.15) is 16.9 Å². The van der Waals surface area contributed by atoms with Gasteiger partial charge in [-0.3, -0.25) is 14.7 Å². The second-order valence-electron chi connectivity index (χ2n) is 6.97. The molecule has 9 heteroatoms. The zero-order valence-electron chi connectivity index (χ0n) is 16.6. The maximum Gasteiger partial charge on any atom is 0.280 e. The number of carbonyl (C=O) groups excluding carboxylic acids is 1. The number of hydrogen-bond acceptors (Lipinski definition) is 6. The van der Waals surface area contributed by atoms with E-state index >= 15 is 0 Å². The fourth-order valence-electron chi connectivity index (χ4n) is 3.03. The van der Waals surface area contributed by atoms with Crippen molar-refractivity contribution in [1.82, 2.24) is 19.9 Å². The summed E-state index contributed by atoms with van der Waals surface area (Å²) in [5.41, 5.74) is 2.33. The monoisotopic (exact) mass is 445 g/mol. The van der Waals surface area contributed by atoms with Crippen molar-refractivity contribution in [3.63, 3.8) is 0 Å². The first kappa shape index (κ1) is 22.0. The molecule has 0 N–H and O–H groups in total. The molecule has 2 aromatic carbocycles. The minimum atomic E-state index is -0.321. The van der Waals surface area contributed by atoms with Gasteiger partial charge in [0.25, 0.3) is 5.91 Å². The highest BCUT2D eigenvalue weighted by atomic mass is 35.5. The lowest BCUT2D eigenvalue weighted by molar-refractivity contribution is 0.0981. The lowest BCUT2D eigenvalue weighted by Gasteiger charge is -2.20. The molecule has 2 aromatic heterocycles. The van der Waals surface area contributed by atoms with Gasteiger partial charge in [-0.1, -0.05) is 23.5 Å². The van der Waals surface area contributed by atoms with Crippen LogP contribution in [0, 0.1) is 5.82 Å². The van der Waals surface area contributed by atoms with Crippen LogP contribution in [0.4, 0.5) is 9.52 Å². The molecule has 0 aliphatic carbocycles. The van der Waals surface area contributed by atoms with Crippen LogP contribution in [0.3, 0.4) is 0 Å². The van der Waals surface area contributed by atoms with Crippen molar-refractivity contribution in [1.29, 1.82) is 0 Å². The quantitative estimate of drug-likeness (QED) is 0.440. The van der Waals surface area contributed by atoms with E-state index < -0.39 is 0 Å². The molecule has 0 atom stereocenters. The van der Waals surface area contributed by atoms with Gasteiger partial charge in [-0.25, -0.2) is 14.4 Å². The number of hydrogen-bond donors (Lipinski definition) is 0. The zero-order valence-corrected chi connectivity index (χ0v) is 18.2. The molecule has 0 saturated heterocycles. The summed E-state index contributed by atoms with van der Waals surface area (Å²) in [4.78, 5) is 30.4. The fourth-order valence-corrected chi connectivity index (χ4v) is 4.04. The Kier molecular flexibility index (Phi) is 6.91. The maximum atomic E-state index is 13.6. The predicted octanol–water partition coefficient (Wildman–Crippen LogP) is 4.40. The molecule has 0 radical (unpaired) electrons. The third kappa shape index (κ3) is 4.72. The van der Waals surface area contributed by atoms with Crippen LogP contribution in [0.5, 0.6) is 0 Å². The van der Waals surface area contributed by atoms with Crippen LogP contribution < -0.4 is 4.90 Å². The number of aromatic nitrogens is 3. The summed E-state index contributed by atoms with van der Waals surface area (Å²) in [6.07, 6.45) is 2.26. The Morgan fingerprint density at radius 3 is 2.57 bits per heavy atom. The topological polar surface area (TPSA) is 62.2 Å². The smallest absolute Gasteiger partial charge is 0.280 e. The highest BCUT2D eigenvalue weighted by Gasteiger charge is 2.23. The van der Waals surface area contributed by atoms with Crippen molar-refractivity contribution < 1.29 is 9.18 Å². The number of carbonyl (C=O) groups is 1. The molecule has 30 heavy (non-hydrogen) atoms. The lowest BCUT2D eigenvalue weighted by Crippen LogP contribution is -2.34. The number of nitrogens with zero attached hydrogens (tertiary/aromatic N) is 5. The molecule has 6 nitrogen and oxygen atoms in total. The molecular formula is C21H21ClFN5OS. The average molecular weight is 446 g/mol. The van der Waals surface area contributed by atoms with E-state index in [-0.39, 0.29) is 29.8 Å². The van der Waals surface area contributed by atoms with E-state index in [1.54, 1.807) is 11.0 Å². The highest BCUT2D eigenvalue weighted by Crippen LogP contribution is 2.30. The van der Waals surface area contributed by atoms with Crippen molar-refractivity contribution in [2.75, 3.05) is 32.1 Å². The van der Waals surface area contributed by atoms with E-state index in [0.29, 0.717) is 27.4 Å². The van der Waals surface area contributed by atoms with Gasteiger partial charge in [-0.15, -0.1) is 12.4 Å². The van der Waals surface area contributed by atoms with Gasteiger partial charge >= 0.3 is 0 Å². The standard InChI is InChI=1S/C21H20FN5OS.ClH/c1-26(2)10-5-11-27(21-25-17-9-8-14(22)12-19(17)29-21)20(28)18-13-23-15-6-3-4-7-16(15)24-18;/h3-4,6-9,12-13H,5,10-11H2,1-2H3;1H. The van der Waals surface area contributed by atoms with Gasteiger partial charge in [0, 0.05) is 6.54 Å². The first-order chi connectivity index (χ1) is 14.0. The summed E-state index contributed by atoms with van der Waals surface area (Å²) in [7, 11) is 3.98. The number of halogens is 2. The van der Waals surface area contributed by atoms with E-state index in [9.17, 15) is 9.18 Å². The Bertz CT molecular complexity index is 1180. The molecule has 0 fully saturated rings. The summed E-state index contributed by atoms with van der Waals surface area (Å²) < 4.78 is 14.3. The summed E-state index contributed by atoms with van der Waals surface area (Å²) in [5.74, 6) is -0.583. The first-order valence-corrected chi connectivity index (χ1v) is 10.1. The Hall–Kier alpha value is -2.68. The van der Waals surface area contributed by atoms with Crippen LogP contribution in [0.25, 0.3) is 21.3 Å². The molecule has 0 unspecified atom stereocenters. The molecular weight excluding hydrogens is 425 g/mol. The van der Waals surface area contributed by atoms with Crippen molar-refractivity contribution in [3.8, 4) is 0 Å². The molecule has 0 saturated carbocycles. The number of amides is 1. The first-order valence-electron chi connectivity index (χ1n) is 9.26. The molecule has 2 heterocycles. The third-order valence-corrected chi connectivity index (χ3v) is 5.51. The van der Waals surface area contributed by atoms with Gasteiger partial charge < -0.3 is 4.90 Å². The zero-order chi connectivity index (χ0) is 20.4. The van der Waals surface area contributed by atoms with E-state index in [0.717, 1.165) is 18.5 Å². The Balaban J connectivity index is 0.00000256. The third-order valence-electron chi connectivity index (χ3n) is 4.47. The summed E-state index contributed by atoms with van der Waals surface area (Å²) in [5, 5.41) is 0.532. The van der Waals surface area contributed by atoms with Crippen LogP contribution in [0.2, 0.25) is 0 Å². The fraction of sp³-hybridized carbons (Fsp3) is 0.238. The van der Waals surface area contributed by atoms with E-state index in [2.05, 4.69) is 19.9 Å². The molecule has 156 valence electrons. The molecule has 0 aliphatic rings. The van der Waals surface area contributed by atoms with Gasteiger partial charge in [0.15, 0.2) is 5.13 Å². The summed E-state index contributed by atoms with van der Waals surface area (Å²) in [6.45, 7) is 1.31. The number of thiazole rings is 1. The van der Waals surface area contributed by atoms with Crippen molar-refractivity contribution in [2.45, 2.75) is 6.42 Å². The second kappa shape index (κ2) is 9.42. The van der Waals surface area contributed by atoms with Gasteiger partial charge in [0.2, 0.25) is 0 Å². The average Bonchev–Trinajstić information content (AvgIpc) is 3.13. The number of benzene rings is 2. The molecule has 1 amide bonds. The minimum absolute atomic E-state index is 0. The molecule has 0 bridgehead atoms. The van der Waals surface area contributed by atoms with Gasteiger partial charge in [0.1, 0.15) is 11.5 Å². The molecule has 4 rings (SSSR count). The Labute approximate surface area is 183 Å². The van der Waals surface area contributed by atoms with Crippen LogP contribution in [-0.2, 0) is 0 Å². The lowest BCUT2D eigenvalue weighted by atomic mass is 10.2. The van der Waals surface area contributed by atoms with Crippen molar-refractivity contribution in [3.05, 3.63) is 60.2 Å². The number of anilines is 1. The van der Waals surface area contributed by atoms with Gasteiger partial charge in [-0.2, -0.15) is 0 Å². The van der Waals surface area contributed by atoms with Crippen molar-refractivity contribution in [2.24, 2.45) is 0 Å². The van der Waals surface area contributed by atoms with E-state index in [1.807, 2.05) is 38.4 Å². The van der Waals surface area contributed by atoms with Crippen LogP contribution in [-0.4, -0.2) is 52.9 Å². The second-order valence-corrected chi connectivity index (χ2v) is 7.98. The summed E-state index contributed by atoms with van der Waals surface area (Å²) >= 11 is 1.30. The van der Waals surface area contributed by atoms with Gasteiger partial charge in [0.05, 0.1) is 27.4 Å². The maximum absolute atomic E-state index is 13.6. The van der Waals surface area contributed by atoms with E-state index in [1.165, 1.54) is 29.7 Å². The highest BCUT2D eigenvalue weighted by molar-refractivity contribution is 7.22. The predicted molar refractivity (Wildman–Crippen MR) is 121 cm³/mol. The number of fused-ring (bicyclic) bond motifs is 2. The minimum Gasteiger partial charge on any atom is -0.309 e. The largest absolute Gasteiger partial charge is 0.309 e. The van der Waals surface area contributed by atoms with E-state index in [4.69, 9.17) is 0 Å². The van der Waals surface area contributed by atoms with Crippen molar-refractivity contribution >= 4 is 56.0 Å².